The number of nitrogens with zero attached hydrogens (tertiary/aromatic N) is 5. The van der Waals surface area contributed by atoms with Gasteiger partial charge in [0.25, 0.3) is 10.0 Å². The largest absolute Gasteiger partial charge is 0.362 e. The minimum Gasteiger partial charge on any atom is -0.362 e. The van der Waals surface area contributed by atoms with Crippen LogP contribution in [0, 0.1) is 5.92 Å². The number of sulfonamides is 1. The summed E-state index contributed by atoms with van der Waals surface area (Å²) in [6.45, 7) is 2.17. The Hall–Kier alpha value is -3.01. The van der Waals surface area contributed by atoms with E-state index in [-0.39, 0.29) is 16.7 Å². The lowest BCUT2D eigenvalue weighted by Gasteiger charge is -2.32. The number of carbonyl (C=O) groups is 1. The van der Waals surface area contributed by atoms with Crippen molar-refractivity contribution in [3.8, 4) is 0 Å². The van der Waals surface area contributed by atoms with Crippen molar-refractivity contribution in [1.29, 1.82) is 0 Å². The first-order valence-corrected chi connectivity index (χ1v) is 12.8. The Labute approximate surface area is 195 Å². The fraction of sp³-hybridized carbons (Fsp3) is 0.478. The summed E-state index contributed by atoms with van der Waals surface area (Å²) in [7, 11) is -1.99. The summed E-state index contributed by atoms with van der Waals surface area (Å²) >= 11 is 0. The van der Waals surface area contributed by atoms with E-state index in [0.29, 0.717) is 24.5 Å². The zero-order valence-corrected chi connectivity index (χ0v) is 19.7. The van der Waals surface area contributed by atoms with E-state index in [0.717, 1.165) is 51.0 Å². The van der Waals surface area contributed by atoms with Crippen molar-refractivity contribution in [2.45, 2.75) is 43.4 Å². The lowest BCUT2D eigenvalue weighted by molar-refractivity contribution is -0.120. The average molecular weight is 471 g/mol. The molecule has 1 aromatic heterocycles. The van der Waals surface area contributed by atoms with Gasteiger partial charge in [-0.05, 0) is 43.9 Å². The van der Waals surface area contributed by atoms with Crippen LogP contribution in [0.1, 0.15) is 38.5 Å². The minimum atomic E-state index is -3.87. The molecule has 9 nitrogen and oxygen atoms in total. The maximum Gasteiger partial charge on any atom is 0.284 e. The molecule has 33 heavy (non-hydrogen) atoms. The second-order valence-electron chi connectivity index (χ2n) is 8.58. The van der Waals surface area contributed by atoms with Gasteiger partial charge in [0.1, 0.15) is 11.7 Å². The van der Waals surface area contributed by atoms with Crippen LogP contribution >= 0.6 is 0 Å². The summed E-state index contributed by atoms with van der Waals surface area (Å²) in [4.78, 5) is 25.4. The van der Waals surface area contributed by atoms with Crippen molar-refractivity contribution in [2.24, 2.45) is 10.3 Å². The van der Waals surface area contributed by atoms with Crippen LogP contribution in [0.4, 0.5) is 11.5 Å². The van der Waals surface area contributed by atoms with Gasteiger partial charge in [-0.15, -0.1) is 4.40 Å². The second kappa shape index (κ2) is 10.3. The fourth-order valence-corrected chi connectivity index (χ4v) is 5.41. The van der Waals surface area contributed by atoms with Gasteiger partial charge in [0.2, 0.25) is 5.91 Å². The molecule has 10 heteroatoms. The van der Waals surface area contributed by atoms with E-state index in [9.17, 15) is 13.2 Å². The summed E-state index contributed by atoms with van der Waals surface area (Å²) in [5, 5.41) is 2.89. The molecular weight excluding hydrogens is 440 g/mol. The molecule has 2 aliphatic rings. The average Bonchev–Trinajstić information content (AvgIpc) is 3.03. The monoisotopic (exact) mass is 470 g/mol. The van der Waals surface area contributed by atoms with Crippen LogP contribution in [-0.2, 0) is 14.8 Å². The molecule has 2 aliphatic heterocycles. The van der Waals surface area contributed by atoms with Crippen molar-refractivity contribution in [3.63, 3.8) is 0 Å². The standard InChI is InChI=1S/C23H30N6O3S/c1-28-13-4-2-3-10-21(28)27-33(31,32)20-9-5-8-19(15-20)26-23(30)18-7-6-14-29(17-18)22-16-24-11-12-25-22/h5,8-9,11-12,15-16,18H,2-4,6-7,10,13-14,17H2,1H3,(H,26,30)/b27-21+. The van der Waals surface area contributed by atoms with E-state index < -0.39 is 10.0 Å². The Balaban J connectivity index is 1.46. The number of aromatic nitrogens is 2. The third-order valence-electron chi connectivity index (χ3n) is 6.13. The Bertz CT molecular complexity index is 1110. The molecule has 1 amide bonds. The van der Waals surface area contributed by atoms with Crippen LogP contribution in [0.25, 0.3) is 0 Å². The molecule has 0 spiro atoms. The highest BCUT2D eigenvalue weighted by molar-refractivity contribution is 7.90. The van der Waals surface area contributed by atoms with Gasteiger partial charge in [0.15, 0.2) is 0 Å². The summed E-state index contributed by atoms with van der Waals surface area (Å²) in [6.07, 6.45) is 10.3. The Morgan fingerprint density at radius 3 is 2.85 bits per heavy atom. The van der Waals surface area contributed by atoms with Crippen LogP contribution in [0.5, 0.6) is 0 Å². The van der Waals surface area contributed by atoms with Crippen molar-refractivity contribution in [1.82, 2.24) is 14.9 Å². The van der Waals surface area contributed by atoms with Crippen molar-refractivity contribution in [2.75, 3.05) is 36.9 Å². The second-order valence-corrected chi connectivity index (χ2v) is 10.2. The van der Waals surface area contributed by atoms with E-state index in [1.807, 2.05) is 11.9 Å². The predicted molar refractivity (Wildman–Crippen MR) is 128 cm³/mol. The maximum absolute atomic E-state index is 13.0. The van der Waals surface area contributed by atoms with E-state index in [1.165, 1.54) is 12.1 Å². The molecule has 176 valence electrons. The van der Waals surface area contributed by atoms with Crippen molar-refractivity contribution >= 4 is 33.3 Å². The van der Waals surface area contributed by atoms with Gasteiger partial charge in [-0.2, -0.15) is 8.42 Å². The van der Waals surface area contributed by atoms with Crippen molar-refractivity contribution in [3.05, 3.63) is 42.9 Å². The van der Waals surface area contributed by atoms with Crippen LogP contribution < -0.4 is 10.2 Å². The lowest BCUT2D eigenvalue weighted by atomic mass is 9.97. The van der Waals surface area contributed by atoms with Gasteiger partial charge in [-0.3, -0.25) is 9.78 Å². The van der Waals surface area contributed by atoms with Gasteiger partial charge >= 0.3 is 0 Å². The minimum absolute atomic E-state index is 0.0790. The molecular formula is C23H30N6O3S. The van der Waals surface area contributed by atoms with Gasteiger partial charge < -0.3 is 15.1 Å². The topological polar surface area (TPSA) is 108 Å². The summed E-state index contributed by atoms with van der Waals surface area (Å²) in [5.41, 5.74) is 0.451. The number of amidine groups is 1. The molecule has 2 aromatic rings. The number of carbonyl (C=O) groups excluding carboxylic acids is 1. The van der Waals surface area contributed by atoms with Crippen LogP contribution in [0.3, 0.4) is 0 Å². The molecule has 1 atom stereocenters. The summed E-state index contributed by atoms with van der Waals surface area (Å²) in [6, 6.07) is 6.33. The maximum atomic E-state index is 13.0. The van der Waals surface area contributed by atoms with Crippen LogP contribution in [-0.4, -0.2) is 61.7 Å². The number of hydrogen-bond donors (Lipinski definition) is 1. The third-order valence-corrected chi connectivity index (χ3v) is 7.43. The SMILES string of the molecule is CN1CCCCC/C1=N\S(=O)(=O)c1cccc(NC(=O)C2CCCN(c3cnccn3)C2)c1. The van der Waals surface area contributed by atoms with Crippen LogP contribution in [0.15, 0.2) is 52.1 Å². The molecule has 1 unspecified atom stereocenters. The molecule has 1 aromatic carbocycles. The van der Waals surface area contributed by atoms with Gasteiger partial charge in [-0.1, -0.05) is 12.5 Å². The first-order valence-electron chi connectivity index (χ1n) is 11.4. The van der Waals surface area contributed by atoms with Gasteiger partial charge in [0, 0.05) is 51.2 Å². The summed E-state index contributed by atoms with van der Waals surface area (Å²) < 4.78 is 30.0. The molecule has 2 fully saturated rings. The zero-order chi connectivity index (χ0) is 23.3. The molecule has 0 saturated carbocycles. The molecule has 0 bridgehead atoms. The highest BCUT2D eigenvalue weighted by Crippen LogP contribution is 2.24. The smallest absolute Gasteiger partial charge is 0.284 e. The highest BCUT2D eigenvalue weighted by atomic mass is 32.2. The van der Waals surface area contributed by atoms with Crippen LogP contribution in [0.2, 0.25) is 0 Å². The Kier molecular flexibility index (Phi) is 7.22. The van der Waals surface area contributed by atoms with Gasteiger partial charge in [-0.25, -0.2) is 4.98 Å². The molecule has 3 heterocycles. The number of piperidine rings is 1. The Morgan fingerprint density at radius 1 is 1.15 bits per heavy atom. The Morgan fingerprint density at radius 2 is 2.03 bits per heavy atom. The highest BCUT2D eigenvalue weighted by Gasteiger charge is 2.27. The number of hydrogen-bond acceptors (Lipinski definition) is 6. The number of nitrogens with one attached hydrogen (secondary N) is 1. The number of likely N-dealkylation sites (tertiary alicyclic amines) is 1. The quantitative estimate of drug-likeness (QED) is 0.716. The first kappa shape index (κ1) is 23.2. The van der Waals surface area contributed by atoms with E-state index in [4.69, 9.17) is 0 Å². The first-order chi connectivity index (χ1) is 15.9. The van der Waals surface area contributed by atoms with Gasteiger partial charge in [0.05, 0.1) is 17.0 Å². The van der Waals surface area contributed by atoms with E-state index in [2.05, 4.69) is 24.6 Å². The lowest BCUT2D eigenvalue weighted by Crippen LogP contribution is -2.41. The fourth-order valence-electron chi connectivity index (χ4n) is 4.27. The zero-order valence-electron chi connectivity index (χ0n) is 18.9. The van der Waals surface area contributed by atoms with E-state index >= 15 is 0 Å². The third kappa shape index (κ3) is 5.87. The molecule has 1 N–H and O–H groups in total. The summed E-state index contributed by atoms with van der Waals surface area (Å²) in [5.74, 6) is 0.993. The molecule has 0 radical (unpaired) electrons. The van der Waals surface area contributed by atoms with E-state index in [1.54, 1.807) is 30.7 Å². The molecule has 0 aliphatic carbocycles. The number of rotatable bonds is 5. The number of amides is 1. The number of benzene rings is 1. The normalized spacial score (nSPS) is 21.0. The predicted octanol–water partition coefficient (Wildman–Crippen LogP) is 2.92. The number of anilines is 2. The molecule has 4 rings (SSSR count). The van der Waals surface area contributed by atoms with Crippen molar-refractivity contribution < 1.29 is 13.2 Å². The molecule has 2 saturated heterocycles.